The third-order valence-electron chi connectivity index (χ3n) is 4.46. The molecular formula is C20H26N6O4S. The van der Waals surface area contributed by atoms with E-state index in [1.807, 2.05) is 0 Å². The lowest BCUT2D eigenvalue weighted by Gasteiger charge is -2.27. The van der Waals surface area contributed by atoms with Gasteiger partial charge in [0.1, 0.15) is 16.8 Å². The molecule has 0 saturated heterocycles. The van der Waals surface area contributed by atoms with Crippen LogP contribution in [0.5, 0.6) is 0 Å². The molecule has 11 heteroatoms. The largest absolute Gasteiger partial charge is 0.384 e. The van der Waals surface area contributed by atoms with E-state index in [1.54, 1.807) is 59.1 Å². The summed E-state index contributed by atoms with van der Waals surface area (Å²) in [7, 11) is -1.95. The van der Waals surface area contributed by atoms with Crippen molar-refractivity contribution in [1.82, 2.24) is 24.2 Å². The van der Waals surface area contributed by atoms with Crippen molar-refractivity contribution in [2.24, 2.45) is 7.05 Å². The zero-order chi connectivity index (χ0) is 23.2. The highest BCUT2D eigenvalue weighted by atomic mass is 32.2. The van der Waals surface area contributed by atoms with Gasteiger partial charge in [-0.15, -0.1) is 0 Å². The second-order valence-corrected chi connectivity index (χ2v) is 10.3. The van der Waals surface area contributed by atoms with E-state index in [2.05, 4.69) is 25.0 Å². The quantitative estimate of drug-likeness (QED) is 0.482. The van der Waals surface area contributed by atoms with E-state index >= 15 is 0 Å². The van der Waals surface area contributed by atoms with Crippen LogP contribution in [0.15, 0.2) is 35.5 Å². The molecule has 0 aliphatic carbocycles. The summed E-state index contributed by atoms with van der Waals surface area (Å²) < 4.78 is 27.3. The van der Waals surface area contributed by atoms with Crippen molar-refractivity contribution in [3.05, 3.63) is 46.8 Å². The number of anilines is 1. The van der Waals surface area contributed by atoms with Crippen LogP contribution in [0.25, 0.3) is 22.2 Å². The predicted octanol–water partition coefficient (Wildman–Crippen LogP) is 1.32. The van der Waals surface area contributed by atoms with Gasteiger partial charge in [0.05, 0.1) is 35.2 Å². The fourth-order valence-electron chi connectivity index (χ4n) is 3.15. The zero-order valence-corrected chi connectivity index (χ0v) is 19.1. The molecule has 0 fully saturated rings. The van der Waals surface area contributed by atoms with Gasteiger partial charge in [-0.1, -0.05) is 0 Å². The van der Waals surface area contributed by atoms with Gasteiger partial charge in [0.25, 0.3) is 5.56 Å². The second-order valence-electron chi connectivity index (χ2n) is 8.53. The number of sulfonamides is 1. The molecule has 0 bridgehead atoms. The summed E-state index contributed by atoms with van der Waals surface area (Å²) in [6.45, 7) is 6.52. The molecular weight excluding hydrogens is 420 g/mol. The molecule has 3 aromatic heterocycles. The minimum Gasteiger partial charge on any atom is -0.384 e. The lowest BCUT2D eigenvalue weighted by molar-refractivity contribution is 0.0739. The number of rotatable bonds is 6. The Labute approximate surface area is 180 Å². The summed E-state index contributed by atoms with van der Waals surface area (Å²) in [4.78, 5) is 26.0. The van der Waals surface area contributed by atoms with Crippen LogP contribution in [0, 0.1) is 0 Å². The minimum absolute atomic E-state index is 0.189. The van der Waals surface area contributed by atoms with Gasteiger partial charge in [-0.2, -0.15) is 4.72 Å². The molecule has 0 aliphatic heterocycles. The molecule has 0 unspecified atom stereocenters. The molecule has 3 N–H and O–H groups in total. The Hall–Kier alpha value is -2.89. The third-order valence-corrected chi connectivity index (χ3v) is 5.34. The number of aromatic nitrogens is 4. The van der Waals surface area contributed by atoms with E-state index < -0.39 is 21.3 Å². The van der Waals surface area contributed by atoms with Gasteiger partial charge in [0.2, 0.25) is 10.0 Å². The van der Waals surface area contributed by atoms with E-state index in [4.69, 9.17) is 0 Å². The Balaban J connectivity index is 2.18. The highest BCUT2D eigenvalue weighted by Crippen LogP contribution is 2.27. The molecule has 0 radical (unpaired) electrons. The van der Waals surface area contributed by atoms with Crippen LogP contribution in [-0.2, 0) is 22.7 Å². The zero-order valence-electron chi connectivity index (χ0n) is 18.3. The van der Waals surface area contributed by atoms with Crippen LogP contribution in [0.1, 0.15) is 33.4 Å². The summed E-state index contributed by atoms with van der Waals surface area (Å²) >= 11 is 0. The Bertz CT molecular complexity index is 1290. The van der Waals surface area contributed by atoms with E-state index in [1.165, 1.54) is 10.9 Å². The number of nitrogens with zero attached hydrogens (tertiary/aromatic N) is 4. The first-order chi connectivity index (χ1) is 14.2. The van der Waals surface area contributed by atoms with Crippen LogP contribution in [0.3, 0.4) is 0 Å². The van der Waals surface area contributed by atoms with Gasteiger partial charge in [0.15, 0.2) is 0 Å². The van der Waals surface area contributed by atoms with Crippen LogP contribution in [-0.4, -0.2) is 45.0 Å². The summed E-state index contributed by atoms with van der Waals surface area (Å²) in [6, 6.07) is 5.12. The van der Waals surface area contributed by atoms with Crippen molar-refractivity contribution in [3.63, 3.8) is 0 Å². The van der Waals surface area contributed by atoms with E-state index in [9.17, 15) is 18.3 Å². The third kappa shape index (κ3) is 5.24. The maximum absolute atomic E-state index is 12.8. The van der Waals surface area contributed by atoms with Crippen LogP contribution in [0.2, 0.25) is 0 Å². The number of hydrogen-bond donors (Lipinski definition) is 3. The maximum Gasteiger partial charge on any atom is 0.264 e. The number of aliphatic hydroxyl groups is 1. The van der Waals surface area contributed by atoms with Crippen molar-refractivity contribution in [2.75, 3.05) is 11.6 Å². The smallest absolute Gasteiger partial charge is 0.264 e. The van der Waals surface area contributed by atoms with E-state index in [0.29, 0.717) is 22.5 Å². The van der Waals surface area contributed by atoms with Crippen LogP contribution in [0.4, 0.5) is 5.82 Å². The molecule has 0 atom stereocenters. The first kappa shape index (κ1) is 22.8. The van der Waals surface area contributed by atoms with E-state index in [-0.39, 0.29) is 16.8 Å². The van der Waals surface area contributed by atoms with Gasteiger partial charge >= 0.3 is 0 Å². The molecule has 31 heavy (non-hydrogen) atoms. The Morgan fingerprint density at radius 3 is 2.35 bits per heavy atom. The fourth-order valence-corrected chi connectivity index (χ4v) is 4.13. The van der Waals surface area contributed by atoms with Crippen LogP contribution >= 0.6 is 0 Å². The maximum atomic E-state index is 12.8. The molecule has 0 spiro atoms. The first-order valence-electron chi connectivity index (χ1n) is 9.49. The van der Waals surface area contributed by atoms with Crippen molar-refractivity contribution < 1.29 is 13.5 Å². The molecule has 3 aromatic rings. The summed E-state index contributed by atoms with van der Waals surface area (Å²) in [6.07, 6.45) is 4.04. The SMILES string of the molecule is Cn1cnc2cc(-c3ccc(C(C)(C)O)nc3)nc(NC(C)(C)NS(C)(=O)=O)c2c1=O. The second kappa shape index (κ2) is 7.66. The summed E-state index contributed by atoms with van der Waals surface area (Å²) in [5.41, 5.74) is -0.502. The van der Waals surface area contributed by atoms with Gasteiger partial charge < -0.3 is 15.0 Å². The molecule has 3 rings (SSSR count). The molecule has 0 aliphatic rings. The molecule has 0 saturated carbocycles. The van der Waals surface area contributed by atoms with Gasteiger partial charge in [-0.3, -0.25) is 9.78 Å². The lowest BCUT2D eigenvalue weighted by Crippen LogP contribution is -2.49. The molecule has 166 valence electrons. The lowest BCUT2D eigenvalue weighted by atomic mass is 10.0. The number of aryl methyl sites for hydroxylation is 1. The van der Waals surface area contributed by atoms with E-state index in [0.717, 1.165) is 6.26 Å². The molecule has 3 heterocycles. The fraction of sp³-hybridized carbons (Fsp3) is 0.400. The number of nitrogens with one attached hydrogen (secondary N) is 2. The summed E-state index contributed by atoms with van der Waals surface area (Å²) in [5.74, 6) is 0.189. The summed E-state index contributed by atoms with van der Waals surface area (Å²) in [5, 5.41) is 13.4. The molecule has 0 amide bonds. The van der Waals surface area contributed by atoms with Crippen molar-refractivity contribution in [1.29, 1.82) is 0 Å². The topological polar surface area (TPSA) is 139 Å². The van der Waals surface area contributed by atoms with Crippen molar-refractivity contribution >= 4 is 26.7 Å². The van der Waals surface area contributed by atoms with Gasteiger partial charge in [-0.25, -0.2) is 18.4 Å². The average Bonchev–Trinajstić information content (AvgIpc) is 2.61. The average molecular weight is 447 g/mol. The number of fused-ring (bicyclic) bond motifs is 1. The van der Waals surface area contributed by atoms with Gasteiger partial charge in [-0.05, 0) is 45.9 Å². The highest BCUT2D eigenvalue weighted by Gasteiger charge is 2.25. The Kier molecular flexibility index (Phi) is 5.63. The Morgan fingerprint density at radius 2 is 1.81 bits per heavy atom. The Morgan fingerprint density at radius 1 is 1.13 bits per heavy atom. The normalized spacial score (nSPS) is 12.9. The number of pyridine rings is 2. The number of hydrogen-bond acceptors (Lipinski definition) is 8. The highest BCUT2D eigenvalue weighted by molar-refractivity contribution is 7.88. The van der Waals surface area contributed by atoms with Crippen molar-refractivity contribution in [2.45, 2.75) is 39.0 Å². The van der Waals surface area contributed by atoms with Crippen molar-refractivity contribution in [3.8, 4) is 11.3 Å². The minimum atomic E-state index is -3.53. The monoisotopic (exact) mass is 446 g/mol. The first-order valence-corrected chi connectivity index (χ1v) is 11.4. The van der Waals surface area contributed by atoms with Gasteiger partial charge in [0, 0.05) is 18.8 Å². The molecule has 0 aromatic carbocycles. The standard InChI is InChI=1S/C20H26N6O4S/c1-19(2,28)15-8-7-12(10-21-15)13-9-14-16(18(27)26(5)11-22-14)17(23-13)24-20(3,4)25-31(6,29)30/h7-11,25,28H,1-6H3,(H,23,24). The predicted molar refractivity (Wildman–Crippen MR) is 119 cm³/mol. The molecule has 10 nitrogen and oxygen atoms in total. The van der Waals surface area contributed by atoms with Crippen LogP contribution < -0.4 is 15.6 Å².